The van der Waals surface area contributed by atoms with Gasteiger partial charge in [0.1, 0.15) is 5.82 Å². The van der Waals surface area contributed by atoms with Crippen molar-refractivity contribution in [3.63, 3.8) is 0 Å². The fraction of sp³-hybridized carbons (Fsp3) is 0.500. The van der Waals surface area contributed by atoms with Crippen LogP contribution in [0.2, 0.25) is 0 Å². The summed E-state index contributed by atoms with van der Waals surface area (Å²) in [5, 5.41) is 6.27. The van der Waals surface area contributed by atoms with Crippen LogP contribution in [0.1, 0.15) is 29.3 Å². The first-order valence-electron chi connectivity index (χ1n) is 6.35. The minimum absolute atomic E-state index is 0.170. The van der Waals surface area contributed by atoms with E-state index in [1.54, 1.807) is 19.1 Å². The fourth-order valence-electron chi connectivity index (χ4n) is 2.21. The van der Waals surface area contributed by atoms with Gasteiger partial charge < -0.3 is 10.6 Å². The summed E-state index contributed by atoms with van der Waals surface area (Å²) in [6.07, 6.45) is 0.918. The van der Waals surface area contributed by atoms with Crippen molar-refractivity contribution in [3.8, 4) is 0 Å². The van der Waals surface area contributed by atoms with E-state index in [0.29, 0.717) is 17.0 Å². The lowest BCUT2D eigenvalue weighted by molar-refractivity contribution is 0.0913. The number of halogens is 1. The lowest BCUT2D eigenvalue weighted by atomic mass is 9.95. The first-order chi connectivity index (χ1) is 8.58. The second-order valence-corrected chi connectivity index (χ2v) is 5.01. The topological polar surface area (TPSA) is 41.1 Å². The number of benzene rings is 1. The molecule has 1 aliphatic heterocycles. The lowest BCUT2D eigenvalue weighted by Gasteiger charge is -2.30. The van der Waals surface area contributed by atoms with Crippen molar-refractivity contribution < 1.29 is 9.18 Å². The Bertz CT molecular complexity index is 447. The van der Waals surface area contributed by atoms with Crippen LogP contribution in [0.25, 0.3) is 0 Å². The molecular formula is C14H19FN2O. The number of piperidine rings is 1. The minimum atomic E-state index is -0.332. The Hall–Kier alpha value is -1.42. The molecule has 0 unspecified atom stereocenters. The van der Waals surface area contributed by atoms with Gasteiger partial charge in [-0.3, -0.25) is 4.79 Å². The molecule has 3 nitrogen and oxygen atoms in total. The highest BCUT2D eigenvalue weighted by Crippen LogP contribution is 2.13. The summed E-state index contributed by atoms with van der Waals surface area (Å²) < 4.78 is 13.4. The maximum Gasteiger partial charge on any atom is 0.251 e. The molecule has 4 heteroatoms. The molecule has 1 aliphatic rings. The van der Waals surface area contributed by atoms with Gasteiger partial charge in [0.2, 0.25) is 0 Å². The molecule has 0 radical (unpaired) electrons. The third-order valence-corrected chi connectivity index (χ3v) is 3.54. The Kier molecular flexibility index (Phi) is 3.97. The highest BCUT2D eigenvalue weighted by molar-refractivity contribution is 5.94. The minimum Gasteiger partial charge on any atom is -0.349 e. The molecule has 1 aromatic carbocycles. The zero-order valence-corrected chi connectivity index (χ0v) is 10.8. The molecule has 0 aliphatic carbocycles. The van der Waals surface area contributed by atoms with Gasteiger partial charge in [0.25, 0.3) is 5.91 Å². The summed E-state index contributed by atoms with van der Waals surface area (Å²) in [4.78, 5) is 12.0. The molecular weight excluding hydrogens is 231 g/mol. The Labute approximate surface area is 107 Å². The zero-order chi connectivity index (χ0) is 13.1. The summed E-state index contributed by atoms with van der Waals surface area (Å²) >= 11 is 0. The number of hydrogen-bond donors (Lipinski definition) is 2. The van der Waals surface area contributed by atoms with Gasteiger partial charge in [0.05, 0.1) is 0 Å². The van der Waals surface area contributed by atoms with Crippen LogP contribution in [0.3, 0.4) is 0 Å². The second-order valence-electron chi connectivity index (χ2n) is 5.01. The van der Waals surface area contributed by atoms with Crippen molar-refractivity contribution in [1.29, 1.82) is 0 Å². The predicted molar refractivity (Wildman–Crippen MR) is 69.0 cm³/mol. The Balaban J connectivity index is 2.04. The third-order valence-electron chi connectivity index (χ3n) is 3.54. The van der Waals surface area contributed by atoms with Crippen LogP contribution < -0.4 is 10.6 Å². The molecule has 1 aromatic rings. The third kappa shape index (κ3) is 2.88. The van der Waals surface area contributed by atoms with Gasteiger partial charge in [-0.2, -0.15) is 0 Å². The molecule has 1 saturated heterocycles. The van der Waals surface area contributed by atoms with Crippen LogP contribution in [-0.4, -0.2) is 25.0 Å². The maximum atomic E-state index is 13.4. The van der Waals surface area contributed by atoms with Gasteiger partial charge in [-0.05, 0) is 50.0 Å². The number of aryl methyl sites for hydroxylation is 1. The Morgan fingerprint density at radius 3 is 2.94 bits per heavy atom. The molecule has 18 heavy (non-hydrogen) atoms. The lowest BCUT2D eigenvalue weighted by Crippen LogP contribution is -2.48. The van der Waals surface area contributed by atoms with Gasteiger partial charge in [0.15, 0.2) is 0 Å². The highest BCUT2D eigenvalue weighted by Gasteiger charge is 2.23. The van der Waals surface area contributed by atoms with Gasteiger partial charge >= 0.3 is 0 Å². The van der Waals surface area contributed by atoms with Crippen LogP contribution >= 0.6 is 0 Å². The van der Waals surface area contributed by atoms with Crippen LogP contribution in [0.15, 0.2) is 18.2 Å². The summed E-state index contributed by atoms with van der Waals surface area (Å²) in [6.45, 7) is 5.61. The van der Waals surface area contributed by atoms with Crippen molar-refractivity contribution in [2.24, 2.45) is 5.92 Å². The van der Waals surface area contributed by atoms with Crippen molar-refractivity contribution in [1.82, 2.24) is 10.6 Å². The van der Waals surface area contributed by atoms with E-state index in [1.165, 1.54) is 6.07 Å². The normalized spacial score (nSPS) is 23.7. The SMILES string of the molecule is Cc1ccc(C(=O)N[C@H]2CCNC[C@@H]2C)cc1F. The summed E-state index contributed by atoms with van der Waals surface area (Å²) in [5.74, 6) is -0.119. The number of carbonyl (C=O) groups is 1. The van der Waals surface area contributed by atoms with Crippen LogP contribution in [0, 0.1) is 18.7 Å². The van der Waals surface area contributed by atoms with E-state index in [1.807, 2.05) is 0 Å². The van der Waals surface area contributed by atoms with E-state index in [9.17, 15) is 9.18 Å². The number of hydrogen-bond acceptors (Lipinski definition) is 2. The molecule has 0 bridgehead atoms. The average molecular weight is 250 g/mol. The van der Waals surface area contributed by atoms with E-state index in [-0.39, 0.29) is 17.8 Å². The summed E-state index contributed by atoms with van der Waals surface area (Å²) in [6, 6.07) is 4.77. The molecule has 1 heterocycles. The van der Waals surface area contributed by atoms with Crippen LogP contribution in [0.4, 0.5) is 4.39 Å². The molecule has 98 valence electrons. The molecule has 0 saturated carbocycles. The number of nitrogens with one attached hydrogen (secondary N) is 2. The average Bonchev–Trinajstić information content (AvgIpc) is 2.35. The number of amides is 1. The van der Waals surface area contributed by atoms with Crippen LogP contribution in [-0.2, 0) is 0 Å². The fourth-order valence-corrected chi connectivity index (χ4v) is 2.21. The predicted octanol–water partition coefficient (Wildman–Crippen LogP) is 1.86. The maximum absolute atomic E-state index is 13.4. The summed E-state index contributed by atoms with van der Waals surface area (Å²) in [7, 11) is 0. The van der Waals surface area contributed by atoms with Crippen molar-refractivity contribution >= 4 is 5.91 Å². The van der Waals surface area contributed by atoms with Crippen LogP contribution in [0.5, 0.6) is 0 Å². The molecule has 2 rings (SSSR count). The monoisotopic (exact) mass is 250 g/mol. The van der Waals surface area contributed by atoms with Crippen molar-refractivity contribution in [2.45, 2.75) is 26.3 Å². The van der Waals surface area contributed by atoms with E-state index in [2.05, 4.69) is 17.6 Å². The first kappa shape index (κ1) is 13.0. The number of carbonyl (C=O) groups excluding carboxylic acids is 1. The van der Waals surface area contributed by atoms with Gasteiger partial charge in [0, 0.05) is 11.6 Å². The highest BCUT2D eigenvalue weighted by atomic mass is 19.1. The second kappa shape index (κ2) is 5.48. The van der Waals surface area contributed by atoms with Gasteiger partial charge in [-0.1, -0.05) is 13.0 Å². The zero-order valence-electron chi connectivity index (χ0n) is 10.8. The van der Waals surface area contributed by atoms with E-state index in [0.717, 1.165) is 19.5 Å². The molecule has 2 atom stereocenters. The van der Waals surface area contributed by atoms with Crippen molar-refractivity contribution in [2.75, 3.05) is 13.1 Å². The first-order valence-corrected chi connectivity index (χ1v) is 6.35. The van der Waals surface area contributed by atoms with E-state index >= 15 is 0 Å². The Morgan fingerprint density at radius 1 is 1.50 bits per heavy atom. The number of rotatable bonds is 2. The largest absolute Gasteiger partial charge is 0.349 e. The Morgan fingerprint density at radius 2 is 2.28 bits per heavy atom. The molecule has 2 N–H and O–H groups in total. The van der Waals surface area contributed by atoms with Gasteiger partial charge in [-0.25, -0.2) is 4.39 Å². The molecule has 0 aromatic heterocycles. The van der Waals surface area contributed by atoms with Crippen molar-refractivity contribution in [3.05, 3.63) is 35.1 Å². The van der Waals surface area contributed by atoms with E-state index < -0.39 is 0 Å². The molecule has 1 fully saturated rings. The molecule has 1 amide bonds. The standard InChI is InChI=1S/C14H19FN2O/c1-9-3-4-11(7-12(9)15)14(18)17-13-5-6-16-8-10(13)2/h3-4,7,10,13,16H,5-6,8H2,1-2H3,(H,17,18)/t10-,13-/m0/s1. The summed E-state index contributed by atoms with van der Waals surface area (Å²) in [5.41, 5.74) is 0.950. The molecule has 0 spiro atoms. The van der Waals surface area contributed by atoms with Gasteiger partial charge in [-0.15, -0.1) is 0 Å². The van der Waals surface area contributed by atoms with E-state index in [4.69, 9.17) is 0 Å². The smallest absolute Gasteiger partial charge is 0.251 e. The quantitative estimate of drug-likeness (QED) is 0.841.